The summed E-state index contributed by atoms with van der Waals surface area (Å²) in [6.07, 6.45) is 26.9. The smallest absolute Gasteiger partial charge is 0.249 e. The van der Waals surface area contributed by atoms with Crippen molar-refractivity contribution >= 4 is 5.91 Å². The van der Waals surface area contributed by atoms with Crippen LogP contribution in [0.5, 0.6) is 0 Å². The van der Waals surface area contributed by atoms with E-state index in [4.69, 9.17) is 0 Å². The van der Waals surface area contributed by atoms with Crippen LogP contribution in [0, 0.1) is 0 Å². The average Bonchev–Trinajstić information content (AvgIpc) is 2.96. The third kappa shape index (κ3) is 24.0. The van der Waals surface area contributed by atoms with E-state index in [0.717, 1.165) is 38.5 Å². The number of nitrogens with one attached hydrogen (secondary N) is 1. The van der Waals surface area contributed by atoms with E-state index in [1.165, 1.54) is 116 Å². The molecule has 0 saturated heterocycles. The maximum absolute atomic E-state index is 12.4. The minimum atomic E-state index is -1.25. The first-order valence-electron chi connectivity index (χ1n) is 17.4. The number of carbonyl (C=O) groups excluding carboxylic acids is 1. The maximum atomic E-state index is 12.4. The molecule has 240 valence electrons. The molecule has 0 spiro atoms. The van der Waals surface area contributed by atoms with Crippen LogP contribution in [-0.2, 0) is 4.79 Å². The van der Waals surface area contributed by atoms with Crippen molar-refractivity contribution in [1.82, 2.24) is 5.32 Å². The second-order valence-corrected chi connectivity index (χ2v) is 12.2. The number of amides is 1. The van der Waals surface area contributed by atoms with Gasteiger partial charge < -0.3 is 25.7 Å². The molecule has 0 aliphatic heterocycles. The summed E-state index contributed by atoms with van der Waals surface area (Å²) in [7, 11) is 0. The minimum Gasteiger partial charge on any atom is -0.394 e. The summed E-state index contributed by atoms with van der Waals surface area (Å²) in [5.74, 6) is -0.584. The van der Waals surface area contributed by atoms with E-state index in [1.54, 1.807) is 0 Å². The number of rotatable bonds is 31. The van der Waals surface area contributed by atoms with E-state index < -0.39 is 36.9 Å². The molecule has 40 heavy (non-hydrogen) atoms. The number of aliphatic hydroxyl groups is 4. The highest BCUT2D eigenvalue weighted by molar-refractivity contribution is 5.80. The molecule has 0 aromatic heterocycles. The first-order valence-corrected chi connectivity index (χ1v) is 17.4. The highest BCUT2D eigenvalue weighted by Gasteiger charge is 2.28. The molecule has 0 aliphatic rings. The van der Waals surface area contributed by atoms with Gasteiger partial charge in [0, 0.05) is 0 Å². The molecule has 0 aromatic carbocycles. The van der Waals surface area contributed by atoms with Gasteiger partial charge >= 0.3 is 0 Å². The minimum absolute atomic E-state index is 0.374. The molecule has 5 N–H and O–H groups in total. The van der Waals surface area contributed by atoms with Crippen molar-refractivity contribution in [1.29, 1.82) is 0 Å². The monoisotopic (exact) mass is 572 g/mol. The van der Waals surface area contributed by atoms with Crippen LogP contribution < -0.4 is 5.32 Å². The fourth-order valence-electron chi connectivity index (χ4n) is 5.46. The van der Waals surface area contributed by atoms with Gasteiger partial charge in [-0.3, -0.25) is 4.79 Å². The van der Waals surface area contributed by atoms with Crippen molar-refractivity contribution in [3.05, 3.63) is 0 Å². The van der Waals surface area contributed by atoms with E-state index in [2.05, 4.69) is 19.2 Å². The molecule has 6 heteroatoms. The van der Waals surface area contributed by atoms with Crippen LogP contribution in [0.2, 0.25) is 0 Å². The lowest BCUT2D eigenvalue weighted by atomic mass is 9.99. The Hall–Kier alpha value is -0.690. The van der Waals surface area contributed by atoms with Gasteiger partial charge in [-0.15, -0.1) is 0 Å². The molecule has 4 atom stereocenters. The molecule has 4 unspecified atom stereocenters. The zero-order valence-corrected chi connectivity index (χ0v) is 26.6. The highest BCUT2D eigenvalue weighted by atomic mass is 16.3. The lowest BCUT2D eigenvalue weighted by molar-refractivity contribution is -0.132. The van der Waals surface area contributed by atoms with Crippen molar-refractivity contribution in [3.8, 4) is 0 Å². The summed E-state index contributed by atoms with van der Waals surface area (Å²) < 4.78 is 0. The van der Waals surface area contributed by atoms with Crippen molar-refractivity contribution in [2.24, 2.45) is 0 Å². The number of carbonyl (C=O) groups is 1. The second kappa shape index (κ2) is 29.8. The fourth-order valence-corrected chi connectivity index (χ4v) is 5.46. The summed E-state index contributed by atoms with van der Waals surface area (Å²) in [4.78, 5) is 12.4. The number of unbranched alkanes of at least 4 members (excludes halogenated alkanes) is 22. The molecular weight excluding hydrogens is 502 g/mol. The summed E-state index contributed by atoms with van der Waals surface area (Å²) in [6.45, 7) is 4.01. The van der Waals surface area contributed by atoms with Gasteiger partial charge in [0.1, 0.15) is 12.2 Å². The number of aliphatic hydroxyl groups excluding tert-OH is 4. The lowest BCUT2D eigenvalue weighted by Crippen LogP contribution is -2.53. The Labute approximate surface area is 248 Å². The molecule has 0 saturated carbocycles. The molecule has 0 fully saturated rings. The zero-order valence-electron chi connectivity index (χ0n) is 26.6. The third-order valence-electron chi connectivity index (χ3n) is 8.32. The summed E-state index contributed by atoms with van der Waals surface area (Å²) >= 11 is 0. The predicted octanol–water partition coefficient (Wildman–Crippen LogP) is 7.73. The van der Waals surface area contributed by atoms with E-state index in [1.807, 2.05) is 0 Å². The molecule has 0 aromatic rings. The van der Waals surface area contributed by atoms with Crippen molar-refractivity contribution in [2.75, 3.05) is 6.61 Å². The normalized spacial score (nSPS) is 14.7. The van der Waals surface area contributed by atoms with Gasteiger partial charge in [-0.1, -0.05) is 168 Å². The average molecular weight is 572 g/mol. The standard InChI is InChI=1S/C34H69NO5/c1-3-5-7-9-11-13-15-16-17-18-20-22-24-26-28-32(38)34(40)35-30(29-36)33(39)31(37)27-25-23-21-19-14-12-10-8-6-4-2/h30-33,36-39H,3-29H2,1-2H3,(H,35,40). The Morgan fingerprint density at radius 3 is 1.20 bits per heavy atom. The van der Waals surface area contributed by atoms with E-state index in [0.29, 0.717) is 12.8 Å². The molecule has 0 radical (unpaired) electrons. The van der Waals surface area contributed by atoms with Crippen LogP contribution in [0.15, 0.2) is 0 Å². The second-order valence-electron chi connectivity index (χ2n) is 12.2. The van der Waals surface area contributed by atoms with Gasteiger partial charge in [0.25, 0.3) is 0 Å². The molecular formula is C34H69NO5. The first-order chi connectivity index (χ1) is 19.5. The van der Waals surface area contributed by atoms with Gasteiger partial charge in [0.05, 0.1) is 18.8 Å². The molecule has 6 nitrogen and oxygen atoms in total. The van der Waals surface area contributed by atoms with Crippen molar-refractivity contribution in [3.63, 3.8) is 0 Å². The zero-order chi connectivity index (χ0) is 29.7. The van der Waals surface area contributed by atoms with Crippen LogP contribution in [0.25, 0.3) is 0 Å². The topological polar surface area (TPSA) is 110 Å². The summed E-state index contributed by atoms with van der Waals surface area (Å²) in [6, 6.07) is -0.975. The van der Waals surface area contributed by atoms with E-state index in [-0.39, 0.29) is 0 Å². The molecule has 1 amide bonds. The molecule has 0 bridgehead atoms. The summed E-state index contributed by atoms with van der Waals surface area (Å²) in [5, 5.41) is 43.3. The fraction of sp³-hybridized carbons (Fsp3) is 0.971. The largest absolute Gasteiger partial charge is 0.394 e. The molecule has 0 rings (SSSR count). The van der Waals surface area contributed by atoms with Gasteiger partial charge in [0.15, 0.2) is 0 Å². The Morgan fingerprint density at radius 2 is 0.850 bits per heavy atom. The first kappa shape index (κ1) is 39.3. The lowest BCUT2D eigenvalue weighted by Gasteiger charge is -2.27. The quantitative estimate of drug-likeness (QED) is 0.0547. The number of hydrogen-bond donors (Lipinski definition) is 5. The van der Waals surface area contributed by atoms with Crippen LogP contribution in [0.4, 0.5) is 0 Å². The van der Waals surface area contributed by atoms with Crippen LogP contribution in [0.3, 0.4) is 0 Å². The maximum Gasteiger partial charge on any atom is 0.249 e. The Morgan fingerprint density at radius 1 is 0.525 bits per heavy atom. The van der Waals surface area contributed by atoms with Gasteiger partial charge in [-0.2, -0.15) is 0 Å². The highest BCUT2D eigenvalue weighted by Crippen LogP contribution is 2.16. The Bertz CT molecular complexity index is 532. The van der Waals surface area contributed by atoms with Crippen molar-refractivity contribution < 1.29 is 25.2 Å². The van der Waals surface area contributed by atoms with Crippen molar-refractivity contribution in [2.45, 2.75) is 205 Å². The van der Waals surface area contributed by atoms with Crippen LogP contribution in [0.1, 0.15) is 181 Å². The predicted molar refractivity (Wildman–Crippen MR) is 168 cm³/mol. The number of hydrogen-bond acceptors (Lipinski definition) is 5. The SMILES string of the molecule is CCCCCCCCCCCCCCCCC(O)C(=O)NC(CO)C(O)C(O)CCCCCCCCCCCC. The van der Waals surface area contributed by atoms with Gasteiger partial charge in [0.2, 0.25) is 5.91 Å². The Kier molecular flexibility index (Phi) is 29.3. The Balaban J connectivity index is 3.82. The van der Waals surface area contributed by atoms with Crippen LogP contribution in [-0.4, -0.2) is 57.3 Å². The summed E-state index contributed by atoms with van der Waals surface area (Å²) in [5.41, 5.74) is 0. The van der Waals surface area contributed by atoms with E-state index in [9.17, 15) is 25.2 Å². The van der Waals surface area contributed by atoms with Gasteiger partial charge in [-0.25, -0.2) is 0 Å². The van der Waals surface area contributed by atoms with Gasteiger partial charge in [-0.05, 0) is 12.8 Å². The molecule has 0 aliphatic carbocycles. The third-order valence-corrected chi connectivity index (χ3v) is 8.32. The van der Waals surface area contributed by atoms with E-state index >= 15 is 0 Å². The van der Waals surface area contributed by atoms with Crippen LogP contribution >= 0.6 is 0 Å². The molecule has 0 heterocycles.